The summed E-state index contributed by atoms with van der Waals surface area (Å²) in [7, 11) is 0. The molecule has 1 rings (SSSR count). The van der Waals surface area contributed by atoms with E-state index >= 15 is 0 Å². The van der Waals surface area contributed by atoms with Gasteiger partial charge in [-0.25, -0.2) is 9.18 Å². The molecule has 1 N–H and O–H groups in total. The lowest BCUT2D eigenvalue weighted by atomic mass is 10.1. The maximum absolute atomic E-state index is 12.9. The standard InChI is InChI=1S/C8H6FIO2/c1-4-2-5(8(11)12)3-6(9)7(4)10/h2-3H,1H3,(H,11,12). The Hall–Kier alpha value is -0.650. The molecule has 1 aromatic carbocycles. The Balaban J connectivity index is 3.31. The molecule has 0 aromatic heterocycles. The van der Waals surface area contributed by atoms with Crippen LogP contribution < -0.4 is 0 Å². The van der Waals surface area contributed by atoms with Crippen molar-refractivity contribution in [3.8, 4) is 0 Å². The Morgan fingerprint density at radius 3 is 2.58 bits per heavy atom. The maximum Gasteiger partial charge on any atom is 0.335 e. The second-order valence-electron chi connectivity index (χ2n) is 2.39. The molecular formula is C8H6FIO2. The fourth-order valence-electron chi connectivity index (χ4n) is 0.850. The zero-order valence-corrected chi connectivity index (χ0v) is 8.42. The van der Waals surface area contributed by atoms with Crippen molar-refractivity contribution in [2.24, 2.45) is 0 Å². The number of benzene rings is 1. The summed E-state index contributed by atoms with van der Waals surface area (Å²) in [5, 5.41) is 8.56. The van der Waals surface area contributed by atoms with E-state index in [4.69, 9.17) is 5.11 Å². The number of hydrogen-bond donors (Lipinski definition) is 1. The number of rotatable bonds is 1. The van der Waals surface area contributed by atoms with E-state index in [0.29, 0.717) is 9.13 Å². The van der Waals surface area contributed by atoms with Crippen molar-refractivity contribution >= 4 is 28.6 Å². The predicted molar refractivity (Wildman–Crippen MR) is 50.8 cm³/mol. The van der Waals surface area contributed by atoms with Crippen LogP contribution in [0.5, 0.6) is 0 Å². The molecule has 0 aliphatic rings. The molecule has 0 saturated carbocycles. The van der Waals surface area contributed by atoms with Gasteiger partial charge in [0.2, 0.25) is 0 Å². The summed E-state index contributed by atoms with van der Waals surface area (Å²) in [5.41, 5.74) is 0.637. The quantitative estimate of drug-likeness (QED) is 0.802. The zero-order valence-electron chi connectivity index (χ0n) is 6.27. The smallest absolute Gasteiger partial charge is 0.335 e. The minimum atomic E-state index is -1.10. The van der Waals surface area contributed by atoms with Crippen molar-refractivity contribution in [3.63, 3.8) is 0 Å². The SMILES string of the molecule is Cc1cc(C(=O)O)cc(F)c1I. The molecule has 2 nitrogen and oxygen atoms in total. The third kappa shape index (κ3) is 1.74. The molecule has 0 unspecified atom stereocenters. The first-order valence-corrected chi connectivity index (χ1v) is 4.29. The fourth-order valence-corrected chi connectivity index (χ4v) is 1.16. The molecular weight excluding hydrogens is 274 g/mol. The Morgan fingerprint density at radius 1 is 1.58 bits per heavy atom. The second-order valence-corrected chi connectivity index (χ2v) is 3.47. The number of hydrogen-bond acceptors (Lipinski definition) is 1. The van der Waals surface area contributed by atoms with Crippen molar-refractivity contribution in [2.75, 3.05) is 0 Å². The molecule has 0 bridgehead atoms. The molecule has 0 heterocycles. The minimum absolute atomic E-state index is 0.00887. The molecule has 0 amide bonds. The Kier molecular flexibility index (Phi) is 2.66. The average molecular weight is 280 g/mol. The summed E-state index contributed by atoms with van der Waals surface area (Å²) in [6.45, 7) is 1.68. The molecule has 0 atom stereocenters. The van der Waals surface area contributed by atoms with E-state index in [-0.39, 0.29) is 5.56 Å². The number of halogens is 2. The molecule has 12 heavy (non-hydrogen) atoms. The number of carboxylic acids is 1. The van der Waals surface area contributed by atoms with Crippen LogP contribution in [-0.2, 0) is 0 Å². The van der Waals surface area contributed by atoms with Crippen LogP contribution in [-0.4, -0.2) is 11.1 Å². The predicted octanol–water partition coefficient (Wildman–Crippen LogP) is 2.44. The summed E-state index contributed by atoms with van der Waals surface area (Å²) in [6, 6.07) is 2.48. The van der Waals surface area contributed by atoms with Crippen molar-refractivity contribution in [1.29, 1.82) is 0 Å². The van der Waals surface area contributed by atoms with Crippen molar-refractivity contribution < 1.29 is 14.3 Å². The molecule has 0 fully saturated rings. The largest absolute Gasteiger partial charge is 0.478 e. The summed E-state index contributed by atoms with van der Waals surface area (Å²) in [6.07, 6.45) is 0. The van der Waals surface area contributed by atoms with Crippen LogP contribution in [0.15, 0.2) is 12.1 Å². The van der Waals surface area contributed by atoms with Gasteiger partial charge >= 0.3 is 5.97 Å². The van der Waals surface area contributed by atoms with E-state index in [1.165, 1.54) is 6.07 Å². The summed E-state index contributed by atoms with van der Waals surface area (Å²) >= 11 is 1.84. The van der Waals surface area contributed by atoms with Gasteiger partial charge < -0.3 is 5.11 Å². The van der Waals surface area contributed by atoms with E-state index in [0.717, 1.165) is 6.07 Å². The van der Waals surface area contributed by atoms with Gasteiger partial charge in [-0.1, -0.05) is 0 Å². The number of carbonyl (C=O) groups is 1. The monoisotopic (exact) mass is 280 g/mol. The zero-order chi connectivity index (χ0) is 9.30. The first-order chi connectivity index (χ1) is 5.52. The van der Waals surface area contributed by atoms with Crippen molar-refractivity contribution in [3.05, 3.63) is 32.6 Å². The highest BCUT2D eigenvalue weighted by Crippen LogP contribution is 2.17. The summed E-state index contributed by atoms with van der Waals surface area (Å²) in [4.78, 5) is 10.4. The van der Waals surface area contributed by atoms with Gasteiger partial charge in [-0.3, -0.25) is 0 Å². The van der Waals surface area contributed by atoms with Crippen LogP contribution in [0.4, 0.5) is 4.39 Å². The van der Waals surface area contributed by atoms with Crippen LogP contribution in [0.2, 0.25) is 0 Å². The molecule has 0 saturated heterocycles. The van der Waals surface area contributed by atoms with Gasteiger partial charge in [0.05, 0.1) is 9.13 Å². The van der Waals surface area contributed by atoms with Gasteiger partial charge in [0.25, 0.3) is 0 Å². The molecule has 0 aliphatic carbocycles. The minimum Gasteiger partial charge on any atom is -0.478 e. The molecule has 1 aromatic rings. The van der Waals surface area contributed by atoms with Crippen molar-refractivity contribution in [1.82, 2.24) is 0 Å². The molecule has 0 aliphatic heterocycles. The van der Waals surface area contributed by atoms with E-state index in [1.54, 1.807) is 6.92 Å². The van der Waals surface area contributed by atoms with Gasteiger partial charge in [-0.15, -0.1) is 0 Å². The first kappa shape index (κ1) is 9.44. The molecule has 4 heteroatoms. The lowest BCUT2D eigenvalue weighted by Crippen LogP contribution is -1.99. The average Bonchev–Trinajstić information content (AvgIpc) is 1.99. The lowest BCUT2D eigenvalue weighted by molar-refractivity contribution is 0.0696. The lowest BCUT2D eigenvalue weighted by Gasteiger charge is -2.01. The molecule has 64 valence electrons. The highest BCUT2D eigenvalue weighted by atomic mass is 127. The molecule has 0 spiro atoms. The van der Waals surface area contributed by atoms with Gasteiger partial charge in [-0.05, 0) is 47.2 Å². The van der Waals surface area contributed by atoms with Crippen LogP contribution in [0.3, 0.4) is 0 Å². The third-order valence-corrected chi connectivity index (χ3v) is 2.82. The fraction of sp³-hybridized carbons (Fsp3) is 0.125. The highest BCUT2D eigenvalue weighted by Gasteiger charge is 2.09. The van der Waals surface area contributed by atoms with E-state index in [2.05, 4.69) is 0 Å². The van der Waals surface area contributed by atoms with Crippen molar-refractivity contribution in [2.45, 2.75) is 6.92 Å². The first-order valence-electron chi connectivity index (χ1n) is 3.21. The normalized spacial score (nSPS) is 9.92. The van der Waals surface area contributed by atoms with E-state index in [9.17, 15) is 9.18 Å². The topological polar surface area (TPSA) is 37.3 Å². The molecule has 0 radical (unpaired) electrons. The third-order valence-electron chi connectivity index (χ3n) is 1.46. The van der Waals surface area contributed by atoms with Gasteiger partial charge in [0, 0.05) is 0 Å². The summed E-state index contributed by atoms with van der Waals surface area (Å²) in [5.74, 6) is -1.58. The van der Waals surface area contributed by atoms with Gasteiger partial charge in [0.15, 0.2) is 0 Å². The van der Waals surface area contributed by atoms with E-state index < -0.39 is 11.8 Å². The highest BCUT2D eigenvalue weighted by molar-refractivity contribution is 14.1. The van der Waals surface area contributed by atoms with E-state index in [1.807, 2.05) is 22.6 Å². The van der Waals surface area contributed by atoms with Gasteiger partial charge in [0.1, 0.15) is 5.82 Å². The number of carboxylic acid groups (broad SMARTS) is 1. The van der Waals surface area contributed by atoms with Gasteiger partial charge in [-0.2, -0.15) is 0 Å². The Morgan fingerprint density at radius 2 is 2.17 bits per heavy atom. The van der Waals surface area contributed by atoms with Crippen LogP contribution in [0, 0.1) is 16.3 Å². The summed E-state index contributed by atoms with van der Waals surface area (Å²) < 4.78 is 13.4. The van der Waals surface area contributed by atoms with Crippen LogP contribution in [0.25, 0.3) is 0 Å². The van der Waals surface area contributed by atoms with Crippen LogP contribution in [0.1, 0.15) is 15.9 Å². The Bertz CT molecular complexity index is 313. The van der Waals surface area contributed by atoms with Crippen LogP contribution >= 0.6 is 22.6 Å². The Labute approximate surface area is 82.5 Å². The maximum atomic E-state index is 12.9. The number of aromatic carboxylic acids is 1. The second kappa shape index (κ2) is 3.38. The number of aryl methyl sites for hydroxylation is 1.